The lowest BCUT2D eigenvalue weighted by Crippen LogP contribution is -2.34. The number of hydrogen-bond donors (Lipinski definition) is 1. The van der Waals surface area contributed by atoms with Gasteiger partial charge in [-0.3, -0.25) is 4.98 Å². The second-order valence-electron chi connectivity index (χ2n) is 7.29. The number of amides is 1. The maximum Gasteiger partial charge on any atom is 0.412 e. The maximum atomic E-state index is 12.3. The minimum absolute atomic E-state index is 0.207. The van der Waals surface area contributed by atoms with Gasteiger partial charge in [0.2, 0.25) is 12.3 Å². The predicted molar refractivity (Wildman–Crippen MR) is 109 cm³/mol. The monoisotopic (exact) mass is 393 g/mol. The summed E-state index contributed by atoms with van der Waals surface area (Å²) in [5.74, 6) is 0.874. The van der Waals surface area contributed by atoms with E-state index in [9.17, 15) is 4.79 Å². The summed E-state index contributed by atoms with van der Waals surface area (Å²) in [5, 5.41) is 10.6. The van der Waals surface area contributed by atoms with E-state index >= 15 is 0 Å². The molecular weight excluding hydrogens is 370 g/mol. The molecule has 0 spiro atoms. The van der Waals surface area contributed by atoms with Crippen molar-refractivity contribution in [2.75, 3.05) is 19.0 Å². The summed E-state index contributed by atoms with van der Waals surface area (Å²) < 4.78 is 10.8. The van der Waals surface area contributed by atoms with Gasteiger partial charge in [-0.25, -0.2) is 4.79 Å². The van der Waals surface area contributed by atoms with Crippen molar-refractivity contribution >= 4 is 11.8 Å². The molecule has 29 heavy (non-hydrogen) atoms. The Morgan fingerprint density at radius 3 is 2.69 bits per heavy atom. The first-order valence-electron chi connectivity index (χ1n) is 9.62. The molecule has 2 aromatic heterocycles. The third-order valence-corrected chi connectivity index (χ3v) is 4.99. The molecule has 4 rings (SSSR count). The number of pyridine rings is 1. The molecule has 1 fully saturated rings. The van der Waals surface area contributed by atoms with Crippen LogP contribution >= 0.6 is 0 Å². The highest BCUT2D eigenvalue weighted by atomic mass is 16.6. The van der Waals surface area contributed by atoms with Gasteiger partial charge in [0.15, 0.2) is 0 Å². The average molecular weight is 393 g/mol. The normalized spacial score (nSPS) is 14.0. The molecule has 1 N–H and O–H groups in total. The van der Waals surface area contributed by atoms with Crippen LogP contribution in [-0.4, -0.2) is 41.4 Å². The van der Waals surface area contributed by atoms with E-state index in [0.717, 1.165) is 48.1 Å². The Morgan fingerprint density at radius 1 is 1.17 bits per heavy atom. The molecule has 1 amide bonds. The van der Waals surface area contributed by atoms with Crippen molar-refractivity contribution in [1.82, 2.24) is 20.5 Å². The topological polar surface area (TPSA) is 93.4 Å². The number of aromatic nitrogens is 3. The van der Waals surface area contributed by atoms with Crippen LogP contribution in [0.5, 0.6) is 5.75 Å². The molecular formula is C21H23N5O3. The van der Waals surface area contributed by atoms with Gasteiger partial charge in [-0.2, -0.15) is 0 Å². The zero-order chi connectivity index (χ0) is 20.2. The van der Waals surface area contributed by atoms with Gasteiger partial charge >= 0.3 is 6.09 Å². The van der Waals surface area contributed by atoms with Gasteiger partial charge in [0.1, 0.15) is 5.75 Å². The SMILES string of the molecule is CN(C)c1ccc(OC(=O)NC2CCCC2)cc1-c1cncc(-c2nnco2)c1. The molecule has 0 saturated heterocycles. The Labute approximate surface area is 168 Å². The van der Waals surface area contributed by atoms with Gasteiger partial charge in [0.05, 0.1) is 5.56 Å². The van der Waals surface area contributed by atoms with Crippen LogP contribution in [0.15, 0.2) is 47.5 Å². The van der Waals surface area contributed by atoms with Crippen molar-refractivity contribution in [3.8, 4) is 28.3 Å². The van der Waals surface area contributed by atoms with Gasteiger partial charge in [0, 0.05) is 49.3 Å². The predicted octanol–water partition coefficient (Wildman–Crippen LogP) is 3.90. The lowest BCUT2D eigenvalue weighted by Gasteiger charge is -2.19. The molecule has 150 valence electrons. The van der Waals surface area contributed by atoms with Gasteiger partial charge in [-0.15, -0.1) is 10.2 Å². The average Bonchev–Trinajstić information content (AvgIpc) is 3.42. The minimum atomic E-state index is -0.418. The van der Waals surface area contributed by atoms with Crippen molar-refractivity contribution < 1.29 is 13.9 Å². The molecule has 3 aromatic rings. The van der Waals surface area contributed by atoms with Crippen molar-refractivity contribution in [2.45, 2.75) is 31.7 Å². The molecule has 2 heterocycles. The molecule has 0 radical (unpaired) electrons. The van der Waals surface area contributed by atoms with Gasteiger partial charge in [-0.1, -0.05) is 12.8 Å². The molecule has 0 unspecified atom stereocenters. The summed E-state index contributed by atoms with van der Waals surface area (Å²) in [6.07, 6.45) is 8.60. The number of benzene rings is 1. The number of ether oxygens (including phenoxy) is 1. The van der Waals surface area contributed by atoms with Crippen LogP contribution in [0.1, 0.15) is 25.7 Å². The fourth-order valence-electron chi connectivity index (χ4n) is 3.58. The Bertz CT molecular complexity index is 982. The van der Waals surface area contributed by atoms with E-state index < -0.39 is 6.09 Å². The van der Waals surface area contributed by atoms with Crippen LogP contribution in [0.2, 0.25) is 0 Å². The van der Waals surface area contributed by atoms with Crippen LogP contribution < -0.4 is 15.0 Å². The van der Waals surface area contributed by atoms with Crippen LogP contribution in [-0.2, 0) is 0 Å². The number of anilines is 1. The Balaban J connectivity index is 1.62. The first-order chi connectivity index (χ1) is 14.1. The molecule has 8 nitrogen and oxygen atoms in total. The van der Waals surface area contributed by atoms with Crippen molar-refractivity contribution in [2.24, 2.45) is 0 Å². The summed E-state index contributed by atoms with van der Waals surface area (Å²) >= 11 is 0. The van der Waals surface area contributed by atoms with E-state index in [1.807, 2.05) is 37.2 Å². The van der Waals surface area contributed by atoms with E-state index in [4.69, 9.17) is 9.15 Å². The van der Waals surface area contributed by atoms with Gasteiger partial charge in [-0.05, 0) is 37.1 Å². The van der Waals surface area contributed by atoms with E-state index in [1.165, 1.54) is 6.39 Å². The number of nitrogens with one attached hydrogen (secondary N) is 1. The number of hydrogen-bond acceptors (Lipinski definition) is 7. The molecule has 1 aliphatic rings. The van der Waals surface area contributed by atoms with Gasteiger partial charge < -0.3 is 19.4 Å². The summed E-state index contributed by atoms with van der Waals surface area (Å²) in [5.41, 5.74) is 3.43. The molecule has 1 aromatic carbocycles. The molecule has 1 aliphatic carbocycles. The number of nitrogens with zero attached hydrogens (tertiary/aromatic N) is 4. The highest BCUT2D eigenvalue weighted by Gasteiger charge is 2.19. The van der Waals surface area contributed by atoms with Crippen molar-refractivity contribution in [1.29, 1.82) is 0 Å². The number of carbonyl (C=O) groups excluding carboxylic acids is 1. The number of carbonyl (C=O) groups is 1. The maximum absolute atomic E-state index is 12.3. The second-order valence-corrected chi connectivity index (χ2v) is 7.29. The first-order valence-corrected chi connectivity index (χ1v) is 9.62. The number of rotatable bonds is 5. The summed E-state index contributed by atoms with van der Waals surface area (Å²) in [6, 6.07) is 7.69. The highest BCUT2D eigenvalue weighted by molar-refractivity contribution is 5.82. The fourth-order valence-corrected chi connectivity index (χ4v) is 3.58. The quantitative estimate of drug-likeness (QED) is 0.703. The smallest absolute Gasteiger partial charge is 0.412 e. The fraction of sp³-hybridized carbons (Fsp3) is 0.333. The minimum Gasteiger partial charge on any atom is -0.423 e. The first kappa shape index (κ1) is 18.9. The van der Waals surface area contributed by atoms with Crippen molar-refractivity contribution in [3.05, 3.63) is 43.1 Å². The Morgan fingerprint density at radius 2 is 1.97 bits per heavy atom. The largest absolute Gasteiger partial charge is 0.423 e. The van der Waals surface area contributed by atoms with Crippen molar-refractivity contribution in [3.63, 3.8) is 0 Å². The van der Waals surface area contributed by atoms with Crippen LogP contribution in [0, 0.1) is 0 Å². The van der Waals surface area contributed by atoms with E-state index in [2.05, 4.69) is 20.5 Å². The van der Waals surface area contributed by atoms with E-state index in [-0.39, 0.29) is 6.04 Å². The molecule has 8 heteroatoms. The van der Waals surface area contributed by atoms with Crippen LogP contribution in [0.4, 0.5) is 10.5 Å². The van der Waals surface area contributed by atoms with Gasteiger partial charge in [0.25, 0.3) is 0 Å². The Kier molecular flexibility index (Phi) is 5.41. The summed E-state index contributed by atoms with van der Waals surface area (Å²) in [6.45, 7) is 0. The standard InChI is InChI=1S/C21H23N5O3/c1-26(2)19-8-7-17(29-21(27)24-16-5-3-4-6-16)10-18(19)14-9-15(12-22-11-14)20-25-23-13-28-20/h7-13,16H,3-6H2,1-2H3,(H,24,27). The zero-order valence-electron chi connectivity index (χ0n) is 16.5. The third kappa shape index (κ3) is 4.37. The second kappa shape index (κ2) is 8.30. The van der Waals surface area contributed by atoms with E-state index in [1.54, 1.807) is 18.5 Å². The lowest BCUT2D eigenvalue weighted by atomic mass is 10.0. The summed E-state index contributed by atoms with van der Waals surface area (Å²) in [7, 11) is 3.92. The summed E-state index contributed by atoms with van der Waals surface area (Å²) in [4.78, 5) is 18.6. The molecule has 0 atom stereocenters. The van der Waals surface area contributed by atoms with Crippen LogP contribution in [0.25, 0.3) is 22.6 Å². The molecule has 1 saturated carbocycles. The third-order valence-electron chi connectivity index (χ3n) is 4.99. The Hall–Kier alpha value is -3.42. The van der Waals surface area contributed by atoms with E-state index in [0.29, 0.717) is 11.6 Å². The highest BCUT2D eigenvalue weighted by Crippen LogP contribution is 2.34. The lowest BCUT2D eigenvalue weighted by molar-refractivity contribution is 0.196. The zero-order valence-corrected chi connectivity index (χ0v) is 16.5. The molecule has 0 aliphatic heterocycles. The van der Waals surface area contributed by atoms with Crippen LogP contribution in [0.3, 0.4) is 0 Å². The molecule has 0 bridgehead atoms.